The highest BCUT2D eigenvalue weighted by atomic mass is 32.2. The molecule has 4 nitrogen and oxygen atoms in total. The molecule has 0 atom stereocenters. The third kappa shape index (κ3) is 3.53. The van der Waals surface area contributed by atoms with E-state index in [1.807, 2.05) is 26.8 Å². The van der Waals surface area contributed by atoms with Gasteiger partial charge in [-0.2, -0.15) is 9.57 Å². The number of hydrogen-bond donors (Lipinski definition) is 0. The maximum Gasteiger partial charge on any atom is 0.252 e. The van der Waals surface area contributed by atoms with Gasteiger partial charge in [0, 0.05) is 13.6 Å². The van der Waals surface area contributed by atoms with Gasteiger partial charge >= 0.3 is 0 Å². The molecular formula is C11H16N2O2S2. The van der Waals surface area contributed by atoms with Crippen molar-refractivity contribution in [3.63, 3.8) is 0 Å². The number of rotatable bonds is 3. The quantitative estimate of drug-likeness (QED) is 0.848. The first-order valence-electron chi connectivity index (χ1n) is 5.13. The molecule has 0 aliphatic heterocycles. The normalized spacial score (nSPS) is 12.7. The van der Waals surface area contributed by atoms with E-state index in [-0.39, 0.29) is 9.62 Å². The van der Waals surface area contributed by atoms with Gasteiger partial charge in [0.1, 0.15) is 15.2 Å². The highest BCUT2D eigenvalue weighted by Gasteiger charge is 2.26. The molecule has 0 aliphatic rings. The van der Waals surface area contributed by atoms with Gasteiger partial charge in [0.05, 0.1) is 0 Å². The molecule has 1 aromatic rings. The summed E-state index contributed by atoms with van der Waals surface area (Å²) in [6.45, 7) is 6.38. The molecule has 1 aromatic heterocycles. The molecule has 94 valence electrons. The zero-order valence-electron chi connectivity index (χ0n) is 10.4. The van der Waals surface area contributed by atoms with Gasteiger partial charge in [-0.15, -0.1) is 11.3 Å². The first kappa shape index (κ1) is 14.2. The summed E-state index contributed by atoms with van der Waals surface area (Å²) in [6.07, 6.45) is 0. The minimum atomic E-state index is -3.46. The van der Waals surface area contributed by atoms with Crippen LogP contribution in [0, 0.1) is 16.7 Å². The van der Waals surface area contributed by atoms with Gasteiger partial charge in [-0.05, 0) is 17.5 Å². The maximum atomic E-state index is 12.2. The Morgan fingerprint density at radius 1 is 1.41 bits per heavy atom. The van der Waals surface area contributed by atoms with Crippen LogP contribution in [0.15, 0.2) is 16.3 Å². The van der Waals surface area contributed by atoms with Crippen LogP contribution in [-0.4, -0.2) is 26.3 Å². The zero-order chi connectivity index (χ0) is 13.3. The molecule has 0 radical (unpaired) electrons. The molecule has 0 bridgehead atoms. The summed E-state index contributed by atoms with van der Waals surface area (Å²) in [4.78, 5) is 0.410. The Kier molecular flexibility index (Phi) is 3.97. The van der Waals surface area contributed by atoms with E-state index in [0.717, 1.165) is 11.3 Å². The van der Waals surface area contributed by atoms with Crippen LogP contribution in [0.2, 0.25) is 0 Å². The van der Waals surface area contributed by atoms with Crippen molar-refractivity contribution in [3.05, 3.63) is 17.0 Å². The largest absolute Gasteiger partial charge is 0.252 e. The van der Waals surface area contributed by atoms with E-state index in [0.29, 0.717) is 11.4 Å². The van der Waals surface area contributed by atoms with Crippen molar-refractivity contribution in [1.29, 1.82) is 5.26 Å². The molecule has 0 spiro atoms. The highest BCUT2D eigenvalue weighted by molar-refractivity contribution is 7.91. The molecule has 17 heavy (non-hydrogen) atoms. The second kappa shape index (κ2) is 4.77. The van der Waals surface area contributed by atoms with Crippen LogP contribution in [0.5, 0.6) is 0 Å². The molecular weight excluding hydrogens is 256 g/mol. The molecule has 0 amide bonds. The molecule has 0 fully saturated rings. The Balaban J connectivity index is 3.00. The summed E-state index contributed by atoms with van der Waals surface area (Å²) in [5, 5.41) is 8.69. The average molecular weight is 272 g/mol. The minimum absolute atomic E-state index is 0.100. The van der Waals surface area contributed by atoms with Crippen LogP contribution in [0.25, 0.3) is 0 Å². The van der Waals surface area contributed by atoms with Gasteiger partial charge in [0.15, 0.2) is 0 Å². The average Bonchev–Trinajstić information content (AvgIpc) is 2.63. The van der Waals surface area contributed by atoms with Crippen LogP contribution in [0.4, 0.5) is 0 Å². The topological polar surface area (TPSA) is 61.2 Å². The van der Waals surface area contributed by atoms with E-state index in [1.54, 1.807) is 7.05 Å². The van der Waals surface area contributed by atoms with Crippen molar-refractivity contribution in [3.8, 4) is 6.07 Å². The fourth-order valence-electron chi connectivity index (χ4n) is 1.43. The number of sulfonamides is 1. The summed E-state index contributed by atoms with van der Waals surface area (Å²) in [5.41, 5.74) is -0.100. The monoisotopic (exact) mass is 272 g/mol. The molecule has 1 heterocycles. The molecule has 6 heteroatoms. The molecule has 0 saturated carbocycles. The summed E-state index contributed by atoms with van der Waals surface area (Å²) < 4.78 is 25.9. The highest BCUT2D eigenvalue weighted by Crippen LogP contribution is 2.26. The zero-order valence-corrected chi connectivity index (χ0v) is 12.0. The fourth-order valence-corrected chi connectivity index (χ4v) is 4.14. The van der Waals surface area contributed by atoms with Crippen molar-refractivity contribution in [2.75, 3.05) is 13.6 Å². The van der Waals surface area contributed by atoms with Crippen molar-refractivity contribution in [2.24, 2.45) is 5.41 Å². The number of hydrogen-bond acceptors (Lipinski definition) is 4. The molecule has 0 aliphatic carbocycles. The molecule has 0 unspecified atom stereocenters. The first-order valence-corrected chi connectivity index (χ1v) is 7.39. The lowest BCUT2D eigenvalue weighted by atomic mass is 9.97. The van der Waals surface area contributed by atoms with E-state index >= 15 is 0 Å². The van der Waals surface area contributed by atoms with Crippen molar-refractivity contribution in [1.82, 2.24) is 4.31 Å². The first-order chi connectivity index (χ1) is 7.66. The number of nitrogens with zero attached hydrogens (tertiary/aromatic N) is 2. The van der Waals surface area contributed by atoms with Crippen molar-refractivity contribution >= 4 is 21.4 Å². The van der Waals surface area contributed by atoms with E-state index in [1.165, 1.54) is 16.4 Å². The molecule has 0 saturated heterocycles. The van der Waals surface area contributed by atoms with Gasteiger partial charge in [0.2, 0.25) is 0 Å². The molecule has 0 aromatic carbocycles. The van der Waals surface area contributed by atoms with Gasteiger partial charge < -0.3 is 0 Å². The molecule has 0 N–H and O–H groups in total. The Morgan fingerprint density at radius 2 is 2.00 bits per heavy atom. The van der Waals surface area contributed by atoms with Gasteiger partial charge in [-0.1, -0.05) is 20.8 Å². The van der Waals surface area contributed by atoms with Gasteiger partial charge in [0.25, 0.3) is 10.0 Å². The SMILES string of the molecule is CN(CC(C)(C)C)S(=O)(=O)c1ccc(C#N)s1. The summed E-state index contributed by atoms with van der Waals surface area (Å²) in [7, 11) is -1.90. The van der Waals surface area contributed by atoms with Crippen LogP contribution >= 0.6 is 11.3 Å². The lowest BCUT2D eigenvalue weighted by molar-refractivity contribution is 0.311. The number of thiophene rings is 1. The van der Waals surface area contributed by atoms with Gasteiger partial charge in [-0.3, -0.25) is 0 Å². The lowest BCUT2D eigenvalue weighted by Crippen LogP contribution is -2.34. The Hall–Kier alpha value is -0.900. The van der Waals surface area contributed by atoms with Crippen molar-refractivity contribution < 1.29 is 8.42 Å². The fraction of sp³-hybridized carbons (Fsp3) is 0.545. The third-order valence-electron chi connectivity index (χ3n) is 2.05. The van der Waals surface area contributed by atoms with E-state index < -0.39 is 10.0 Å². The standard InChI is InChI=1S/C11H16N2O2S2/c1-11(2,3)8-13(4)17(14,15)10-6-5-9(7-12)16-10/h5-6H,8H2,1-4H3. The number of nitriles is 1. The Bertz CT molecular complexity index is 533. The van der Waals surface area contributed by atoms with E-state index in [2.05, 4.69) is 0 Å². The summed E-state index contributed by atoms with van der Waals surface area (Å²) >= 11 is 1.00. The maximum absolute atomic E-state index is 12.2. The van der Waals surface area contributed by atoms with Crippen LogP contribution < -0.4 is 0 Å². The van der Waals surface area contributed by atoms with Crippen LogP contribution in [0.1, 0.15) is 25.6 Å². The second-order valence-corrected chi connectivity index (χ2v) is 8.41. The van der Waals surface area contributed by atoms with Crippen LogP contribution in [-0.2, 0) is 10.0 Å². The smallest absolute Gasteiger partial charge is 0.206 e. The van der Waals surface area contributed by atoms with E-state index in [9.17, 15) is 8.42 Å². The minimum Gasteiger partial charge on any atom is -0.206 e. The third-order valence-corrected chi connectivity index (χ3v) is 5.31. The van der Waals surface area contributed by atoms with Crippen LogP contribution in [0.3, 0.4) is 0 Å². The Morgan fingerprint density at radius 3 is 2.41 bits per heavy atom. The molecule has 1 rings (SSSR count). The lowest BCUT2D eigenvalue weighted by Gasteiger charge is -2.25. The predicted molar refractivity (Wildman–Crippen MR) is 68.3 cm³/mol. The Labute approximate surface area is 107 Å². The summed E-state index contributed by atoms with van der Waals surface area (Å²) in [6, 6.07) is 4.96. The second-order valence-electron chi connectivity index (χ2n) is 5.05. The van der Waals surface area contributed by atoms with E-state index in [4.69, 9.17) is 5.26 Å². The summed E-state index contributed by atoms with van der Waals surface area (Å²) in [5.74, 6) is 0. The van der Waals surface area contributed by atoms with Gasteiger partial charge in [-0.25, -0.2) is 8.42 Å². The predicted octanol–water partition coefficient (Wildman–Crippen LogP) is 2.29. The van der Waals surface area contributed by atoms with Crippen molar-refractivity contribution in [2.45, 2.75) is 25.0 Å².